The Labute approximate surface area is 64.3 Å². The maximum absolute atomic E-state index is 11.1. The molecule has 60 valence electrons. The Bertz CT molecular complexity index is 225. The van der Waals surface area contributed by atoms with Crippen LogP contribution in [0.15, 0.2) is 0 Å². The number of hydrogen-bond donors (Lipinski definition) is 1. The number of esters is 1. The first-order chi connectivity index (χ1) is 5.27. The zero-order chi connectivity index (χ0) is 7.59. The summed E-state index contributed by atoms with van der Waals surface area (Å²) in [5, 5.41) is 9.55. The van der Waals surface area contributed by atoms with Gasteiger partial charge in [0.25, 0.3) is 0 Å². The van der Waals surface area contributed by atoms with E-state index in [-0.39, 0.29) is 24.1 Å². The molecule has 2 aliphatic carbocycles. The summed E-state index contributed by atoms with van der Waals surface area (Å²) in [7, 11) is 0. The van der Waals surface area contributed by atoms with Gasteiger partial charge in [-0.3, -0.25) is 4.79 Å². The zero-order valence-corrected chi connectivity index (χ0v) is 6.06. The van der Waals surface area contributed by atoms with Gasteiger partial charge in [0.15, 0.2) is 0 Å². The van der Waals surface area contributed by atoms with Gasteiger partial charge in [0.05, 0.1) is 12.0 Å². The van der Waals surface area contributed by atoms with E-state index in [4.69, 9.17) is 4.74 Å². The SMILES string of the molecule is O=C1O[C@H]2C(O)C3CC1C2C3. The summed E-state index contributed by atoms with van der Waals surface area (Å²) >= 11 is 0. The van der Waals surface area contributed by atoms with Gasteiger partial charge in [-0.05, 0) is 18.8 Å². The van der Waals surface area contributed by atoms with Crippen molar-refractivity contribution in [2.75, 3.05) is 0 Å². The van der Waals surface area contributed by atoms with Crippen molar-refractivity contribution in [3.63, 3.8) is 0 Å². The maximum Gasteiger partial charge on any atom is 0.309 e. The first-order valence-electron chi connectivity index (χ1n) is 4.16. The van der Waals surface area contributed by atoms with Crippen LogP contribution in [-0.2, 0) is 9.53 Å². The summed E-state index contributed by atoms with van der Waals surface area (Å²) in [4.78, 5) is 11.1. The standard InChI is InChI=1S/C8H10O3/c9-6-3-1-4-5(2-3)8(10)11-7(4)6/h3-7,9H,1-2H2/t3?,4?,5?,6?,7-/m1/s1. The molecule has 0 amide bonds. The van der Waals surface area contributed by atoms with E-state index in [1.807, 2.05) is 0 Å². The fourth-order valence-electron chi connectivity index (χ4n) is 2.92. The maximum atomic E-state index is 11.1. The molecule has 0 radical (unpaired) electrons. The fraction of sp³-hybridized carbons (Fsp3) is 0.875. The quantitative estimate of drug-likeness (QED) is 0.497. The van der Waals surface area contributed by atoms with E-state index < -0.39 is 0 Å². The highest BCUT2D eigenvalue weighted by molar-refractivity contribution is 5.76. The Morgan fingerprint density at radius 1 is 1.45 bits per heavy atom. The number of aliphatic hydroxyl groups excluding tert-OH is 1. The largest absolute Gasteiger partial charge is 0.459 e. The van der Waals surface area contributed by atoms with Gasteiger partial charge >= 0.3 is 5.97 Å². The molecule has 5 atom stereocenters. The number of fused-ring (bicyclic) bond motifs is 1. The minimum absolute atomic E-state index is 0.0703. The van der Waals surface area contributed by atoms with E-state index >= 15 is 0 Å². The highest BCUT2D eigenvalue weighted by Gasteiger charge is 2.61. The average Bonchev–Trinajstić information content (AvgIpc) is 2.53. The van der Waals surface area contributed by atoms with Gasteiger partial charge in [0, 0.05) is 5.92 Å². The lowest BCUT2D eigenvalue weighted by atomic mass is 9.88. The van der Waals surface area contributed by atoms with Crippen molar-refractivity contribution in [3.8, 4) is 0 Å². The fourth-order valence-corrected chi connectivity index (χ4v) is 2.92. The minimum Gasteiger partial charge on any atom is -0.459 e. The molecule has 3 rings (SSSR count). The predicted octanol–water partition coefficient (Wildman–Crippen LogP) is -0.0713. The smallest absolute Gasteiger partial charge is 0.309 e. The van der Waals surface area contributed by atoms with Crippen molar-refractivity contribution in [1.29, 1.82) is 0 Å². The van der Waals surface area contributed by atoms with Crippen molar-refractivity contribution < 1.29 is 14.6 Å². The van der Waals surface area contributed by atoms with Crippen LogP contribution in [0.3, 0.4) is 0 Å². The number of hydrogen-bond acceptors (Lipinski definition) is 3. The Balaban J connectivity index is 2.04. The number of ether oxygens (including phenoxy) is 1. The third-order valence-corrected chi connectivity index (χ3v) is 3.44. The molecule has 11 heavy (non-hydrogen) atoms. The van der Waals surface area contributed by atoms with Crippen LogP contribution in [-0.4, -0.2) is 23.3 Å². The Morgan fingerprint density at radius 3 is 2.91 bits per heavy atom. The molecule has 0 spiro atoms. The molecule has 1 heterocycles. The van der Waals surface area contributed by atoms with Crippen LogP contribution < -0.4 is 0 Å². The molecule has 1 aliphatic heterocycles. The molecule has 3 aliphatic rings. The van der Waals surface area contributed by atoms with E-state index in [0.717, 1.165) is 12.8 Å². The van der Waals surface area contributed by atoms with E-state index in [0.29, 0.717) is 11.8 Å². The van der Waals surface area contributed by atoms with Crippen LogP contribution in [0.2, 0.25) is 0 Å². The molecule has 1 N–H and O–H groups in total. The first-order valence-corrected chi connectivity index (χ1v) is 4.16. The molecule has 2 saturated carbocycles. The molecule has 2 bridgehead atoms. The van der Waals surface area contributed by atoms with Gasteiger partial charge < -0.3 is 9.84 Å². The van der Waals surface area contributed by atoms with Crippen molar-refractivity contribution >= 4 is 5.97 Å². The van der Waals surface area contributed by atoms with Gasteiger partial charge in [-0.1, -0.05) is 0 Å². The van der Waals surface area contributed by atoms with Crippen molar-refractivity contribution in [2.45, 2.75) is 25.0 Å². The lowest BCUT2D eigenvalue weighted by Crippen LogP contribution is -2.31. The second-order valence-corrected chi connectivity index (χ2v) is 3.89. The summed E-state index contributed by atoms with van der Waals surface area (Å²) in [6, 6.07) is 0. The molecule has 0 aromatic heterocycles. The topological polar surface area (TPSA) is 46.5 Å². The van der Waals surface area contributed by atoms with Crippen LogP contribution in [0.25, 0.3) is 0 Å². The van der Waals surface area contributed by atoms with Crippen molar-refractivity contribution in [2.24, 2.45) is 17.8 Å². The molecule has 0 aromatic rings. The molecule has 3 fully saturated rings. The second kappa shape index (κ2) is 1.61. The van der Waals surface area contributed by atoms with Gasteiger partial charge in [-0.25, -0.2) is 0 Å². The van der Waals surface area contributed by atoms with Crippen LogP contribution in [0, 0.1) is 17.8 Å². The third kappa shape index (κ3) is 0.527. The summed E-state index contributed by atoms with van der Waals surface area (Å²) in [5.74, 6) is 0.761. The summed E-state index contributed by atoms with van der Waals surface area (Å²) in [6.07, 6.45) is 1.36. The summed E-state index contributed by atoms with van der Waals surface area (Å²) in [6.45, 7) is 0. The summed E-state index contributed by atoms with van der Waals surface area (Å²) in [5.41, 5.74) is 0. The van der Waals surface area contributed by atoms with Crippen LogP contribution in [0.1, 0.15) is 12.8 Å². The van der Waals surface area contributed by atoms with Gasteiger partial charge in [-0.15, -0.1) is 0 Å². The number of carbonyl (C=O) groups excluding carboxylic acids is 1. The van der Waals surface area contributed by atoms with Gasteiger partial charge in [0.2, 0.25) is 0 Å². The number of carbonyl (C=O) groups is 1. The van der Waals surface area contributed by atoms with Crippen LogP contribution in [0.4, 0.5) is 0 Å². The van der Waals surface area contributed by atoms with Crippen LogP contribution in [0.5, 0.6) is 0 Å². The highest BCUT2D eigenvalue weighted by atomic mass is 16.6. The van der Waals surface area contributed by atoms with E-state index in [1.165, 1.54) is 0 Å². The van der Waals surface area contributed by atoms with Gasteiger partial charge in [-0.2, -0.15) is 0 Å². The molecular weight excluding hydrogens is 144 g/mol. The van der Waals surface area contributed by atoms with Crippen molar-refractivity contribution in [1.82, 2.24) is 0 Å². The summed E-state index contributed by atoms with van der Waals surface area (Å²) < 4.78 is 5.06. The van der Waals surface area contributed by atoms with Crippen molar-refractivity contribution in [3.05, 3.63) is 0 Å². The second-order valence-electron chi connectivity index (χ2n) is 3.89. The number of rotatable bonds is 0. The Morgan fingerprint density at radius 2 is 2.27 bits per heavy atom. The molecular formula is C8H10O3. The molecule has 0 aromatic carbocycles. The van der Waals surface area contributed by atoms with E-state index in [2.05, 4.69) is 0 Å². The monoisotopic (exact) mass is 154 g/mol. The van der Waals surface area contributed by atoms with E-state index in [9.17, 15) is 9.90 Å². The number of aliphatic hydroxyl groups is 1. The minimum atomic E-state index is -0.359. The molecule has 1 saturated heterocycles. The lowest BCUT2D eigenvalue weighted by Gasteiger charge is -2.19. The molecule has 3 heteroatoms. The Hall–Kier alpha value is -0.570. The van der Waals surface area contributed by atoms with Gasteiger partial charge in [0.1, 0.15) is 6.10 Å². The Kier molecular flexibility index (Phi) is 0.876. The molecule has 4 unspecified atom stereocenters. The van der Waals surface area contributed by atoms with E-state index in [1.54, 1.807) is 0 Å². The predicted molar refractivity (Wildman–Crippen MR) is 35.6 cm³/mol. The highest BCUT2D eigenvalue weighted by Crippen LogP contribution is 2.54. The normalized spacial score (nSPS) is 58.6. The third-order valence-electron chi connectivity index (χ3n) is 3.44. The van der Waals surface area contributed by atoms with Crippen LogP contribution >= 0.6 is 0 Å². The average molecular weight is 154 g/mol. The lowest BCUT2D eigenvalue weighted by molar-refractivity contribution is -0.145. The first kappa shape index (κ1) is 6.00. The zero-order valence-electron chi connectivity index (χ0n) is 6.06. The molecule has 3 nitrogen and oxygen atoms in total.